The maximum atomic E-state index is 12.1. The number of rotatable bonds is 6. The molecule has 1 saturated heterocycles. The third-order valence-electron chi connectivity index (χ3n) is 3.80. The molecule has 0 aliphatic carbocycles. The first kappa shape index (κ1) is 18.4. The second-order valence-electron chi connectivity index (χ2n) is 5.54. The fourth-order valence-electron chi connectivity index (χ4n) is 2.45. The van der Waals surface area contributed by atoms with Crippen LogP contribution in [0.25, 0.3) is 0 Å². The molecule has 8 nitrogen and oxygen atoms in total. The number of halogens is 1. The van der Waals surface area contributed by atoms with Crippen LogP contribution in [0.2, 0.25) is 5.02 Å². The van der Waals surface area contributed by atoms with E-state index in [1.807, 2.05) is 11.9 Å². The van der Waals surface area contributed by atoms with Crippen LogP contribution in [0, 0.1) is 10.1 Å². The first-order valence-electron chi connectivity index (χ1n) is 7.51. The Labute approximate surface area is 144 Å². The van der Waals surface area contributed by atoms with Crippen LogP contribution in [-0.2, 0) is 16.0 Å². The fraction of sp³-hybridized carbons (Fsp3) is 0.533. The van der Waals surface area contributed by atoms with Crippen LogP contribution in [0.15, 0.2) is 12.1 Å². The van der Waals surface area contributed by atoms with Gasteiger partial charge in [-0.25, -0.2) is 0 Å². The zero-order chi connectivity index (χ0) is 17.7. The first-order chi connectivity index (χ1) is 11.4. The van der Waals surface area contributed by atoms with Gasteiger partial charge < -0.3 is 19.7 Å². The van der Waals surface area contributed by atoms with E-state index in [-0.39, 0.29) is 22.4 Å². The number of nitro benzene ring substituents is 1. The Balaban J connectivity index is 1.94. The maximum absolute atomic E-state index is 12.1. The van der Waals surface area contributed by atoms with Crippen molar-refractivity contribution in [2.75, 3.05) is 40.4 Å². The van der Waals surface area contributed by atoms with Gasteiger partial charge in [0, 0.05) is 25.7 Å². The molecule has 1 amide bonds. The molecular weight excluding hydrogens is 338 g/mol. The van der Waals surface area contributed by atoms with E-state index in [2.05, 4.69) is 5.32 Å². The lowest BCUT2D eigenvalue weighted by molar-refractivity contribution is -0.385. The maximum Gasteiger partial charge on any atom is 0.312 e. The average Bonchev–Trinajstić information content (AvgIpc) is 2.55. The minimum Gasteiger partial charge on any atom is -0.490 e. The number of likely N-dealkylation sites (N-methyl/N-ethyl adjacent to an activating group) is 1. The van der Waals surface area contributed by atoms with E-state index in [0.29, 0.717) is 31.7 Å². The highest BCUT2D eigenvalue weighted by Gasteiger charge is 2.24. The van der Waals surface area contributed by atoms with Gasteiger partial charge >= 0.3 is 5.69 Å². The Bertz CT molecular complexity index is 625. The highest BCUT2D eigenvalue weighted by Crippen LogP contribution is 2.33. The minimum atomic E-state index is -0.548. The summed E-state index contributed by atoms with van der Waals surface area (Å²) in [6.07, 6.45) is -0.0489. The molecule has 0 bridgehead atoms. The molecule has 1 aromatic rings. The van der Waals surface area contributed by atoms with Crippen molar-refractivity contribution in [3.8, 4) is 5.75 Å². The lowest BCUT2D eigenvalue weighted by atomic mass is 10.1. The molecule has 1 aliphatic heterocycles. The number of hydrogen-bond acceptors (Lipinski definition) is 6. The molecule has 2 rings (SSSR count). The molecule has 1 atom stereocenters. The van der Waals surface area contributed by atoms with E-state index >= 15 is 0 Å². The predicted molar refractivity (Wildman–Crippen MR) is 88.6 cm³/mol. The molecule has 132 valence electrons. The Kier molecular flexibility index (Phi) is 6.36. The van der Waals surface area contributed by atoms with Crippen molar-refractivity contribution < 1.29 is 19.2 Å². The van der Waals surface area contributed by atoms with E-state index < -0.39 is 11.0 Å². The van der Waals surface area contributed by atoms with Crippen molar-refractivity contribution in [3.63, 3.8) is 0 Å². The minimum absolute atomic E-state index is 0.142. The zero-order valence-corrected chi connectivity index (χ0v) is 14.3. The Morgan fingerprint density at radius 1 is 1.58 bits per heavy atom. The molecule has 1 fully saturated rings. The van der Waals surface area contributed by atoms with E-state index in [9.17, 15) is 14.9 Å². The summed E-state index contributed by atoms with van der Waals surface area (Å²) in [5.74, 6) is -0.0329. The Hall–Kier alpha value is -1.90. The molecule has 1 N–H and O–H groups in total. The van der Waals surface area contributed by atoms with Crippen LogP contribution in [0.5, 0.6) is 5.75 Å². The number of nitrogens with one attached hydrogen (secondary N) is 1. The molecule has 0 spiro atoms. The van der Waals surface area contributed by atoms with E-state index in [0.717, 1.165) is 6.54 Å². The number of amides is 1. The van der Waals surface area contributed by atoms with Crippen molar-refractivity contribution >= 4 is 23.2 Å². The first-order valence-corrected chi connectivity index (χ1v) is 7.88. The monoisotopic (exact) mass is 357 g/mol. The third-order valence-corrected chi connectivity index (χ3v) is 4.15. The molecule has 1 aromatic carbocycles. The summed E-state index contributed by atoms with van der Waals surface area (Å²) >= 11 is 6.08. The average molecular weight is 358 g/mol. The van der Waals surface area contributed by atoms with Crippen molar-refractivity contribution in [2.24, 2.45) is 0 Å². The predicted octanol–water partition coefficient (Wildman–Crippen LogP) is 1.25. The highest BCUT2D eigenvalue weighted by atomic mass is 35.5. The topological polar surface area (TPSA) is 93.9 Å². The Morgan fingerprint density at radius 2 is 2.33 bits per heavy atom. The molecule has 9 heteroatoms. The van der Waals surface area contributed by atoms with E-state index in [1.54, 1.807) is 0 Å². The number of ether oxygens (including phenoxy) is 2. The highest BCUT2D eigenvalue weighted by molar-refractivity contribution is 6.31. The molecular formula is C15H20ClN3O5. The largest absolute Gasteiger partial charge is 0.490 e. The number of benzene rings is 1. The lowest BCUT2D eigenvalue weighted by Gasteiger charge is -2.29. The summed E-state index contributed by atoms with van der Waals surface area (Å²) < 4.78 is 10.5. The second-order valence-corrected chi connectivity index (χ2v) is 5.94. The molecule has 24 heavy (non-hydrogen) atoms. The number of carbonyl (C=O) groups is 1. The molecule has 1 heterocycles. The van der Waals surface area contributed by atoms with Crippen molar-refractivity contribution in [2.45, 2.75) is 12.5 Å². The number of carbonyl (C=O) groups excluding carboxylic acids is 1. The van der Waals surface area contributed by atoms with Gasteiger partial charge in [0.1, 0.15) is 6.10 Å². The van der Waals surface area contributed by atoms with Gasteiger partial charge in [-0.05, 0) is 25.1 Å². The van der Waals surface area contributed by atoms with Crippen LogP contribution in [-0.4, -0.2) is 62.2 Å². The van der Waals surface area contributed by atoms with Crippen LogP contribution >= 0.6 is 11.6 Å². The number of nitro groups is 1. The van der Waals surface area contributed by atoms with Gasteiger partial charge in [-0.3, -0.25) is 14.9 Å². The number of hydrogen-bond donors (Lipinski definition) is 1. The summed E-state index contributed by atoms with van der Waals surface area (Å²) in [6.45, 7) is 2.24. The van der Waals surface area contributed by atoms with Crippen LogP contribution in [0.4, 0.5) is 5.69 Å². The van der Waals surface area contributed by atoms with E-state index in [1.165, 1.54) is 19.2 Å². The number of morpholine rings is 1. The molecule has 0 aromatic heterocycles. The summed E-state index contributed by atoms with van der Waals surface area (Å²) in [4.78, 5) is 24.5. The van der Waals surface area contributed by atoms with Crippen molar-refractivity contribution in [1.29, 1.82) is 0 Å². The normalized spacial score (nSPS) is 18.2. The zero-order valence-electron chi connectivity index (χ0n) is 13.6. The van der Waals surface area contributed by atoms with Crippen LogP contribution < -0.4 is 10.1 Å². The van der Waals surface area contributed by atoms with Gasteiger partial charge in [0.15, 0.2) is 5.75 Å². The standard InChI is InChI=1S/C15H20ClN3O5/c1-18-5-6-24-14(9-18)15(20)17-4-3-10-7-13(23-2)12(19(21)22)8-11(10)16/h7-8,14H,3-6,9H2,1-2H3,(H,17,20)/t14-/m1/s1. The van der Waals surface area contributed by atoms with Gasteiger partial charge in [0.05, 0.1) is 23.7 Å². The quantitative estimate of drug-likeness (QED) is 0.608. The molecule has 0 unspecified atom stereocenters. The van der Waals surface area contributed by atoms with Gasteiger partial charge in [-0.1, -0.05) is 11.6 Å². The summed E-state index contributed by atoms with van der Waals surface area (Å²) in [5, 5.41) is 14.0. The van der Waals surface area contributed by atoms with E-state index in [4.69, 9.17) is 21.1 Å². The van der Waals surface area contributed by atoms with Gasteiger partial charge in [-0.2, -0.15) is 0 Å². The van der Waals surface area contributed by atoms with Crippen LogP contribution in [0.3, 0.4) is 0 Å². The van der Waals surface area contributed by atoms with Crippen molar-refractivity contribution in [1.82, 2.24) is 10.2 Å². The summed E-state index contributed by atoms with van der Waals surface area (Å²) in [5.41, 5.74) is 0.482. The molecule has 0 saturated carbocycles. The molecule has 1 aliphatic rings. The van der Waals surface area contributed by atoms with Gasteiger partial charge in [0.2, 0.25) is 5.91 Å². The van der Waals surface area contributed by atoms with Gasteiger partial charge in [0.25, 0.3) is 0 Å². The number of nitrogens with zero attached hydrogens (tertiary/aromatic N) is 2. The second kappa shape index (κ2) is 8.27. The van der Waals surface area contributed by atoms with Crippen LogP contribution in [0.1, 0.15) is 5.56 Å². The van der Waals surface area contributed by atoms with Gasteiger partial charge in [-0.15, -0.1) is 0 Å². The lowest BCUT2D eigenvalue weighted by Crippen LogP contribution is -2.48. The Morgan fingerprint density at radius 3 is 2.96 bits per heavy atom. The molecule has 0 radical (unpaired) electrons. The number of methoxy groups -OCH3 is 1. The fourth-order valence-corrected chi connectivity index (χ4v) is 2.71. The summed E-state index contributed by atoms with van der Waals surface area (Å²) in [7, 11) is 3.30. The smallest absolute Gasteiger partial charge is 0.312 e. The third kappa shape index (κ3) is 4.56. The van der Waals surface area contributed by atoms with Crippen molar-refractivity contribution in [3.05, 3.63) is 32.8 Å². The summed E-state index contributed by atoms with van der Waals surface area (Å²) in [6, 6.07) is 2.79. The SMILES string of the molecule is COc1cc(CCNC(=O)[C@H]2CN(C)CCO2)c(Cl)cc1[N+](=O)[O-].